The second-order valence-electron chi connectivity index (χ2n) is 6.35. The molecule has 3 atom stereocenters. The minimum Gasteiger partial charge on any atom is -0.310 e. The molecule has 0 bridgehead atoms. The molecule has 112 valence electrons. The van der Waals surface area contributed by atoms with Crippen molar-refractivity contribution in [3.05, 3.63) is 34.1 Å². The summed E-state index contributed by atoms with van der Waals surface area (Å²) < 4.78 is 15.2. The highest BCUT2D eigenvalue weighted by molar-refractivity contribution is 9.10. The third-order valence-electron chi connectivity index (χ3n) is 4.42. The molecule has 1 aromatic carbocycles. The average molecular weight is 342 g/mol. The normalized spacial score (nSPS) is 28.4. The van der Waals surface area contributed by atoms with Crippen LogP contribution in [0.3, 0.4) is 0 Å². The lowest BCUT2D eigenvalue weighted by atomic mass is 9.72. The monoisotopic (exact) mass is 341 g/mol. The van der Waals surface area contributed by atoms with Crippen LogP contribution in [-0.4, -0.2) is 6.54 Å². The van der Waals surface area contributed by atoms with E-state index >= 15 is 0 Å². The van der Waals surface area contributed by atoms with Crippen molar-refractivity contribution in [1.29, 1.82) is 0 Å². The third kappa shape index (κ3) is 3.62. The van der Waals surface area contributed by atoms with Crippen LogP contribution in [0, 0.1) is 23.6 Å². The molecule has 0 spiro atoms. The van der Waals surface area contributed by atoms with Crippen LogP contribution in [0.2, 0.25) is 0 Å². The van der Waals surface area contributed by atoms with Gasteiger partial charge in [-0.05, 0) is 55.7 Å². The Hall–Kier alpha value is -0.410. The van der Waals surface area contributed by atoms with Gasteiger partial charge in [0.25, 0.3) is 0 Å². The zero-order valence-corrected chi connectivity index (χ0v) is 14.2. The SMILES string of the molecule is CCNC(c1c(F)cccc1Br)C1CC(C)CC(C)C1. The summed E-state index contributed by atoms with van der Waals surface area (Å²) in [6.45, 7) is 7.60. The Kier molecular flexibility index (Phi) is 5.62. The Labute approximate surface area is 130 Å². The molecule has 20 heavy (non-hydrogen) atoms. The van der Waals surface area contributed by atoms with E-state index in [9.17, 15) is 4.39 Å². The smallest absolute Gasteiger partial charge is 0.129 e. The van der Waals surface area contributed by atoms with Gasteiger partial charge in [-0.15, -0.1) is 0 Å². The van der Waals surface area contributed by atoms with Crippen LogP contribution >= 0.6 is 15.9 Å². The molecule has 1 saturated carbocycles. The van der Waals surface area contributed by atoms with Crippen LogP contribution in [0.1, 0.15) is 51.6 Å². The first-order valence-corrected chi connectivity index (χ1v) is 8.49. The fraction of sp³-hybridized carbons (Fsp3) is 0.647. The molecular weight excluding hydrogens is 317 g/mol. The maximum absolute atomic E-state index is 14.3. The Morgan fingerprint density at radius 2 is 1.90 bits per heavy atom. The zero-order valence-electron chi connectivity index (χ0n) is 12.6. The minimum absolute atomic E-state index is 0.101. The Balaban J connectivity index is 2.31. The molecule has 0 heterocycles. The predicted molar refractivity (Wildman–Crippen MR) is 86.2 cm³/mol. The molecule has 3 unspecified atom stereocenters. The van der Waals surface area contributed by atoms with Crippen LogP contribution in [0.4, 0.5) is 4.39 Å². The molecule has 1 aliphatic rings. The molecule has 1 N–H and O–H groups in total. The van der Waals surface area contributed by atoms with Crippen molar-refractivity contribution < 1.29 is 4.39 Å². The van der Waals surface area contributed by atoms with Gasteiger partial charge in [0.2, 0.25) is 0 Å². The lowest BCUT2D eigenvalue weighted by molar-refractivity contribution is 0.175. The lowest BCUT2D eigenvalue weighted by Gasteiger charge is -2.37. The highest BCUT2D eigenvalue weighted by atomic mass is 79.9. The largest absolute Gasteiger partial charge is 0.310 e. The molecule has 0 radical (unpaired) electrons. The maximum atomic E-state index is 14.3. The average Bonchev–Trinajstić information content (AvgIpc) is 2.36. The Morgan fingerprint density at radius 3 is 2.45 bits per heavy atom. The van der Waals surface area contributed by atoms with E-state index in [1.807, 2.05) is 6.07 Å². The molecule has 1 nitrogen and oxygen atoms in total. The van der Waals surface area contributed by atoms with Crippen molar-refractivity contribution in [1.82, 2.24) is 5.32 Å². The van der Waals surface area contributed by atoms with Gasteiger partial charge in [-0.3, -0.25) is 0 Å². The van der Waals surface area contributed by atoms with Crippen LogP contribution in [0.15, 0.2) is 22.7 Å². The van der Waals surface area contributed by atoms with Gasteiger partial charge in [0.15, 0.2) is 0 Å². The second kappa shape index (κ2) is 7.04. The lowest BCUT2D eigenvalue weighted by Crippen LogP contribution is -2.34. The molecule has 0 aliphatic heterocycles. The van der Waals surface area contributed by atoms with E-state index in [1.54, 1.807) is 12.1 Å². The van der Waals surface area contributed by atoms with E-state index in [0.29, 0.717) is 5.92 Å². The summed E-state index contributed by atoms with van der Waals surface area (Å²) in [6, 6.07) is 5.39. The van der Waals surface area contributed by atoms with E-state index in [0.717, 1.165) is 28.4 Å². The highest BCUT2D eigenvalue weighted by Gasteiger charge is 2.32. The van der Waals surface area contributed by atoms with Gasteiger partial charge < -0.3 is 5.32 Å². The molecule has 0 saturated heterocycles. The predicted octanol–water partition coefficient (Wildman–Crippen LogP) is 5.31. The van der Waals surface area contributed by atoms with Gasteiger partial charge in [-0.25, -0.2) is 4.39 Å². The first-order valence-electron chi connectivity index (χ1n) is 7.70. The number of rotatable bonds is 4. The van der Waals surface area contributed by atoms with Crippen molar-refractivity contribution >= 4 is 15.9 Å². The van der Waals surface area contributed by atoms with E-state index in [4.69, 9.17) is 0 Å². The fourth-order valence-electron chi connectivity index (χ4n) is 3.81. The van der Waals surface area contributed by atoms with E-state index in [1.165, 1.54) is 19.3 Å². The van der Waals surface area contributed by atoms with Gasteiger partial charge in [0.05, 0.1) is 0 Å². The number of hydrogen-bond donors (Lipinski definition) is 1. The molecule has 3 heteroatoms. The first-order chi connectivity index (χ1) is 9.52. The summed E-state index contributed by atoms with van der Waals surface area (Å²) in [4.78, 5) is 0. The van der Waals surface area contributed by atoms with Crippen LogP contribution in [0.25, 0.3) is 0 Å². The van der Waals surface area contributed by atoms with E-state index in [2.05, 4.69) is 42.0 Å². The van der Waals surface area contributed by atoms with Gasteiger partial charge in [-0.1, -0.05) is 42.8 Å². The zero-order chi connectivity index (χ0) is 14.7. The van der Waals surface area contributed by atoms with Crippen molar-refractivity contribution in [2.75, 3.05) is 6.54 Å². The molecule has 2 rings (SSSR count). The van der Waals surface area contributed by atoms with E-state index in [-0.39, 0.29) is 11.9 Å². The standard InChI is InChI=1S/C17H25BrFN/c1-4-20-17(13-9-11(2)8-12(3)10-13)16-14(18)6-5-7-15(16)19/h5-7,11-13,17,20H,4,8-10H2,1-3H3. The summed E-state index contributed by atoms with van der Waals surface area (Å²) in [5, 5.41) is 3.52. The van der Waals surface area contributed by atoms with Crippen molar-refractivity contribution in [2.45, 2.75) is 46.1 Å². The molecule has 1 aromatic rings. The topological polar surface area (TPSA) is 12.0 Å². The number of benzene rings is 1. The summed E-state index contributed by atoms with van der Waals surface area (Å²) in [5.41, 5.74) is 0.806. The molecular formula is C17H25BrFN. The summed E-state index contributed by atoms with van der Waals surface area (Å²) in [6.07, 6.45) is 3.67. The summed E-state index contributed by atoms with van der Waals surface area (Å²) in [7, 11) is 0. The summed E-state index contributed by atoms with van der Waals surface area (Å²) in [5.74, 6) is 1.88. The quantitative estimate of drug-likeness (QED) is 0.782. The van der Waals surface area contributed by atoms with Gasteiger partial charge in [-0.2, -0.15) is 0 Å². The molecule has 1 fully saturated rings. The van der Waals surface area contributed by atoms with Crippen molar-refractivity contribution in [2.24, 2.45) is 17.8 Å². The third-order valence-corrected chi connectivity index (χ3v) is 5.11. The van der Waals surface area contributed by atoms with Gasteiger partial charge in [0.1, 0.15) is 5.82 Å². The Bertz CT molecular complexity index is 418. The van der Waals surface area contributed by atoms with Crippen molar-refractivity contribution in [3.63, 3.8) is 0 Å². The first kappa shape index (κ1) is 16.0. The maximum Gasteiger partial charge on any atom is 0.129 e. The number of halogens is 2. The molecule has 0 amide bonds. The van der Waals surface area contributed by atoms with Crippen molar-refractivity contribution in [3.8, 4) is 0 Å². The van der Waals surface area contributed by atoms with Crippen LogP contribution in [-0.2, 0) is 0 Å². The van der Waals surface area contributed by atoms with E-state index < -0.39 is 0 Å². The van der Waals surface area contributed by atoms with Crippen LogP contribution < -0.4 is 5.32 Å². The number of hydrogen-bond acceptors (Lipinski definition) is 1. The van der Waals surface area contributed by atoms with Gasteiger partial charge in [0, 0.05) is 16.1 Å². The van der Waals surface area contributed by atoms with Gasteiger partial charge >= 0.3 is 0 Å². The fourth-order valence-corrected chi connectivity index (χ4v) is 4.40. The number of nitrogens with one attached hydrogen (secondary N) is 1. The summed E-state index contributed by atoms with van der Waals surface area (Å²) >= 11 is 3.53. The highest BCUT2D eigenvalue weighted by Crippen LogP contribution is 2.42. The minimum atomic E-state index is -0.101. The Morgan fingerprint density at radius 1 is 1.25 bits per heavy atom. The molecule has 0 aromatic heterocycles. The van der Waals surface area contributed by atoms with Crippen LogP contribution in [0.5, 0.6) is 0 Å². The second-order valence-corrected chi connectivity index (χ2v) is 7.20. The molecule has 1 aliphatic carbocycles.